The first-order valence-electron chi connectivity index (χ1n) is 8.10. The monoisotopic (exact) mass is 341 g/mol. The molecule has 2 rings (SSSR count). The fourth-order valence-corrected chi connectivity index (χ4v) is 2.17. The topological polar surface area (TPSA) is 79.5 Å². The number of nitrogens with one attached hydrogen (secondary N) is 3. The van der Waals surface area contributed by atoms with E-state index in [1.807, 2.05) is 43.3 Å². The average Bonchev–Trinajstić information content (AvgIpc) is 2.63. The molecule has 0 spiro atoms. The minimum Gasteiger partial charge on any atom is -0.497 e. The Morgan fingerprint density at radius 1 is 0.960 bits per heavy atom. The molecule has 2 aromatic rings. The molecule has 0 bridgehead atoms. The summed E-state index contributed by atoms with van der Waals surface area (Å²) < 4.78 is 5.09. The molecule has 6 nitrogen and oxygen atoms in total. The van der Waals surface area contributed by atoms with Crippen LogP contribution in [-0.4, -0.2) is 25.5 Å². The summed E-state index contributed by atoms with van der Waals surface area (Å²) in [7, 11) is 1.61. The van der Waals surface area contributed by atoms with Gasteiger partial charge < -0.3 is 20.7 Å². The summed E-state index contributed by atoms with van der Waals surface area (Å²) in [6, 6.07) is 12.8. The number of aryl methyl sites for hydroxylation is 1. The predicted molar refractivity (Wildman–Crippen MR) is 100 cm³/mol. The molecule has 0 aliphatic rings. The van der Waals surface area contributed by atoms with E-state index in [-0.39, 0.29) is 18.4 Å². The zero-order chi connectivity index (χ0) is 18.2. The normalized spacial score (nSPS) is 10.0. The van der Waals surface area contributed by atoms with Gasteiger partial charge in [0.2, 0.25) is 11.8 Å². The number of hydrogen-bond donors (Lipinski definition) is 3. The Kier molecular flexibility index (Phi) is 6.39. The maximum atomic E-state index is 12.1. The second kappa shape index (κ2) is 8.73. The predicted octanol–water partition coefficient (Wildman–Crippen LogP) is 3.40. The van der Waals surface area contributed by atoms with Crippen LogP contribution in [-0.2, 0) is 9.59 Å². The average molecular weight is 341 g/mol. The van der Waals surface area contributed by atoms with Crippen LogP contribution in [0.4, 0.5) is 17.1 Å². The van der Waals surface area contributed by atoms with Gasteiger partial charge in [-0.2, -0.15) is 0 Å². The zero-order valence-electron chi connectivity index (χ0n) is 14.7. The third kappa shape index (κ3) is 5.53. The van der Waals surface area contributed by atoms with Gasteiger partial charge in [0.1, 0.15) is 5.75 Å². The number of ether oxygens (including phenoxy) is 1. The van der Waals surface area contributed by atoms with Crippen LogP contribution in [0.2, 0.25) is 0 Å². The van der Waals surface area contributed by atoms with E-state index in [1.54, 1.807) is 20.1 Å². The maximum Gasteiger partial charge on any atom is 0.243 e. The second-order valence-electron chi connectivity index (χ2n) is 5.56. The van der Waals surface area contributed by atoms with Gasteiger partial charge in [0.05, 0.1) is 13.7 Å². The molecule has 0 aliphatic heterocycles. The Labute approximate surface area is 147 Å². The fraction of sp³-hybridized carbons (Fsp3) is 0.263. The molecule has 0 saturated carbocycles. The van der Waals surface area contributed by atoms with E-state index < -0.39 is 0 Å². The molecule has 0 saturated heterocycles. The van der Waals surface area contributed by atoms with E-state index in [4.69, 9.17) is 4.74 Å². The van der Waals surface area contributed by atoms with E-state index in [9.17, 15) is 9.59 Å². The lowest BCUT2D eigenvalue weighted by Crippen LogP contribution is -2.22. The lowest BCUT2D eigenvalue weighted by Gasteiger charge is -2.12. The van der Waals surface area contributed by atoms with Crippen LogP contribution in [0.25, 0.3) is 0 Å². The van der Waals surface area contributed by atoms with Crippen molar-refractivity contribution in [3.05, 3.63) is 48.0 Å². The van der Waals surface area contributed by atoms with Crippen LogP contribution in [0, 0.1) is 6.92 Å². The Balaban J connectivity index is 1.93. The van der Waals surface area contributed by atoms with Gasteiger partial charge in [-0.1, -0.05) is 13.0 Å². The summed E-state index contributed by atoms with van der Waals surface area (Å²) in [4.78, 5) is 23.7. The first-order valence-corrected chi connectivity index (χ1v) is 8.10. The summed E-state index contributed by atoms with van der Waals surface area (Å²) in [5, 5.41) is 8.69. The highest BCUT2D eigenvalue weighted by Crippen LogP contribution is 2.20. The Morgan fingerprint density at radius 3 is 2.28 bits per heavy atom. The van der Waals surface area contributed by atoms with Gasteiger partial charge >= 0.3 is 0 Å². The van der Waals surface area contributed by atoms with E-state index in [1.165, 1.54) is 0 Å². The standard InChI is InChI=1S/C19H23N3O3/c1-4-18(23)22-17-11-15(6-5-13(17)2)21-19(24)12-20-14-7-9-16(25-3)10-8-14/h5-11,20H,4,12H2,1-3H3,(H,21,24)(H,22,23). The summed E-state index contributed by atoms with van der Waals surface area (Å²) in [6.07, 6.45) is 0.405. The quantitative estimate of drug-likeness (QED) is 0.721. The molecule has 0 aromatic heterocycles. The number of hydrogen-bond acceptors (Lipinski definition) is 4. The van der Waals surface area contributed by atoms with Crippen molar-refractivity contribution in [2.24, 2.45) is 0 Å². The molecule has 6 heteroatoms. The van der Waals surface area contributed by atoms with Crippen molar-refractivity contribution >= 4 is 28.9 Å². The summed E-state index contributed by atoms with van der Waals surface area (Å²) >= 11 is 0. The van der Waals surface area contributed by atoms with Gasteiger partial charge in [0, 0.05) is 23.5 Å². The molecule has 25 heavy (non-hydrogen) atoms. The third-order valence-corrected chi connectivity index (χ3v) is 3.66. The van der Waals surface area contributed by atoms with Crippen LogP contribution in [0.3, 0.4) is 0 Å². The first-order chi connectivity index (χ1) is 12.0. The number of benzene rings is 2. The molecular weight excluding hydrogens is 318 g/mol. The van der Waals surface area contributed by atoms with Gasteiger partial charge in [-0.3, -0.25) is 9.59 Å². The molecule has 0 heterocycles. The van der Waals surface area contributed by atoms with E-state index >= 15 is 0 Å². The molecule has 2 amide bonds. The van der Waals surface area contributed by atoms with Gasteiger partial charge in [-0.15, -0.1) is 0 Å². The summed E-state index contributed by atoms with van der Waals surface area (Å²) in [6.45, 7) is 3.83. The van der Waals surface area contributed by atoms with E-state index in [0.717, 1.165) is 17.0 Å². The van der Waals surface area contributed by atoms with Gasteiger partial charge in [-0.25, -0.2) is 0 Å². The van der Waals surface area contributed by atoms with Crippen LogP contribution in [0.5, 0.6) is 5.75 Å². The Morgan fingerprint density at radius 2 is 1.64 bits per heavy atom. The highest BCUT2D eigenvalue weighted by atomic mass is 16.5. The second-order valence-corrected chi connectivity index (χ2v) is 5.56. The van der Waals surface area contributed by atoms with Gasteiger partial charge in [0.15, 0.2) is 0 Å². The molecule has 2 aromatic carbocycles. The number of rotatable bonds is 7. The lowest BCUT2D eigenvalue weighted by atomic mass is 10.1. The molecule has 132 valence electrons. The Bertz CT molecular complexity index is 742. The number of amides is 2. The summed E-state index contributed by atoms with van der Waals surface area (Å²) in [5.74, 6) is 0.525. The Hall–Kier alpha value is -3.02. The smallest absolute Gasteiger partial charge is 0.243 e. The van der Waals surface area contributed by atoms with Crippen molar-refractivity contribution in [1.82, 2.24) is 0 Å². The van der Waals surface area contributed by atoms with E-state index in [0.29, 0.717) is 17.8 Å². The van der Waals surface area contributed by atoms with Gasteiger partial charge in [-0.05, 0) is 48.9 Å². The van der Waals surface area contributed by atoms with Crippen LogP contribution < -0.4 is 20.7 Å². The SMILES string of the molecule is CCC(=O)Nc1cc(NC(=O)CNc2ccc(OC)cc2)ccc1C. The van der Waals surface area contributed by atoms with Gasteiger partial charge in [0.25, 0.3) is 0 Å². The molecule has 0 unspecified atom stereocenters. The number of carbonyl (C=O) groups excluding carboxylic acids is 2. The number of carbonyl (C=O) groups is 2. The summed E-state index contributed by atoms with van der Waals surface area (Å²) in [5.41, 5.74) is 3.11. The third-order valence-electron chi connectivity index (χ3n) is 3.66. The molecule has 0 radical (unpaired) electrons. The van der Waals surface area contributed by atoms with Crippen molar-refractivity contribution in [3.63, 3.8) is 0 Å². The van der Waals surface area contributed by atoms with Crippen molar-refractivity contribution < 1.29 is 14.3 Å². The van der Waals surface area contributed by atoms with Crippen molar-refractivity contribution in [1.29, 1.82) is 0 Å². The highest BCUT2D eigenvalue weighted by molar-refractivity contribution is 5.96. The van der Waals surface area contributed by atoms with Crippen molar-refractivity contribution in [2.75, 3.05) is 29.6 Å². The van der Waals surface area contributed by atoms with Crippen LogP contribution in [0.1, 0.15) is 18.9 Å². The largest absolute Gasteiger partial charge is 0.497 e. The maximum absolute atomic E-state index is 12.1. The fourth-order valence-electron chi connectivity index (χ4n) is 2.17. The van der Waals surface area contributed by atoms with Crippen LogP contribution in [0.15, 0.2) is 42.5 Å². The molecule has 3 N–H and O–H groups in total. The van der Waals surface area contributed by atoms with E-state index in [2.05, 4.69) is 16.0 Å². The number of anilines is 3. The lowest BCUT2D eigenvalue weighted by molar-refractivity contribution is -0.116. The number of methoxy groups -OCH3 is 1. The molecule has 0 aliphatic carbocycles. The van der Waals surface area contributed by atoms with Crippen LogP contribution >= 0.6 is 0 Å². The molecule has 0 fully saturated rings. The minimum absolute atomic E-state index is 0.0623. The zero-order valence-corrected chi connectivity index (χ0v) is 14.7. The highest BCUT2D eigenvalue weighted by Gasteiger charge is 2.07. The molecule has 0 atom stereocenters. The first kappa shape index (κ1) is 18.3. The minimum atomic E-state index is -0.174. The van der Waals surface area contributed by atoms with Crippen molar-refractivity contribution in [3.8, 4) is 5.75 Å². The van der Waals surface area contributed by atoms with Crippen molar-refractivity contribution in [2.45, 2.75) is 20.3 Å². The molecular formula is C19H23N3O3.